The summed E-state index contributed by atoms with van der Waals surface area (Å²) in [5.41, 5.74) is 3.98. The topological polar surface area (TPSA) is 74.8 Å². The zero-order valence-corrected chi connectivity index (χ0v) is 21.4. The van der Waals surface area contributed by atoms with Gasteiger partial charge < -0.3 is 19.9 Å². The molecule has 0 unspecified atom stereocenters. The molecule has 7 nitrogen and oxygen atoms in total. The highest BCUT2D eigenvalue weighted by Crippen LogP contribution is 2.30. The zero-order chi connectivity index (χ0) is 25.6. The standard InChI is InChI=1S/C30H34N4O3/c1-2-23(29(35)31-25-13-14-25)12-11-22-15-17-34(27-9-4-3-7-24(27)21-22)30(36)26-8-5-10-28(32-26)33-16-6-19-37-20-18-33/h2-5,7-12,21,25H,6,13-20H2,1H3,(H,31,35)/b12-11-,23-2+. The summed E-state index contributed by atoms with van der Waals surface area (Å²) in [5, 5.41) is 3.04. The molecule has 3 heterocycles. The fourth-order valence-corrected chi connectivity index (χ4v) is 4.66. The van der Waals surface area contributed by atoms with Crippen LogP contribution in [0.3, 0.4) is 0 Å². The second kappa shape index (κ2) is 11.6. The van der Waals surface area contributed by atoms with Crippen LogP contribution in [0.25, 0.3) is 6.08 Å². The molecule has 2 fully saturated rings. The summed E-state index contributed by atoms with van der Waals surface area (Å²) < 4.78 is 5.57. The van der Waals surface area contributed by atoms with E-state index in [1.807, 2.05) is 66.4 Å². The van der Waals surface area contributed by atoms with Gasteiger partial charge in [-0.3, -0.25) is 9.59 Å². The highest BCUT2D eigenvalue weighted by Gasteiger charge is 2.25. The third-order valence-electron chi connectivity index (χ3n) is 6.90. The fourth-order valence-electron chi connectivity index (χ4n) is 4.66. The van der Waals surface area contributed by atoms with E-state index in [-0.39, 0.29) is 11.8 Å². The van der Waals surface area contributed by atoms with Crippen LogP contribution < -0.4 is 15.1 Å². The number of allylic oxidation sites excluding steroid dienone is 2. The van der Waals surface area contributed by atoms with Gasteiger partial charge in [0.2, 0.25) is 0 Å². The van der Waals surface area contributed by atoms with Crippen molar-refractivity contribution in [2.45, 2.75) is 38.6 Å². The molecular weight excluding hydrogens is 464 g/mol. The molecule has 2 aromatic rings. The molecule has 0 bridgehead atoms. The number of hydrogen-bond donors (Lipinski definition) is 1. The Morgan fingerprint density at radius 1 is 1.05 bits per heavy atom. The third kappa shape index (κ3) is 6.17. The van der Waals surface area contributed by atoms with Crippen molar-refractivity contribution < 1.29 is 14.3 Å². The van der Waals surface area contributed by atoms with Gasteiger partial charge in [-0.2, -0.15) is 0 Å². The van der Waals surface area contributed by atoms with Gasteiger partial charge in [-0.05, 0) is 74.1 Å². The number of pyridine rings is 1. The Kier molecular flexibility index (Phi) is 7.80. The minimum absolute atomic E-state index is 0.0328. The Balaban J connectivity index is 1.35. The molecule has 1 aliphatic carbocycles. The minimum atomic E-state index is -0.114. The Morgan fingerprint density at radius 3 is 2.76 bits per heavy atom. The SMILES string of the molecule is C/C=C(\C=C/C1=Cc2ccccc2N(C(=O)c2cccc(N3CCCOCC3)n2)CC1)C(=O)NC1CC1. The Morgan fingerprint density at radius 2 is 1.92 bits per heavy atom. The molecule has 0 spiro atoms. The van der Waals surface area contributed by atoms with Gasteiger partial charge in [0.05, 0.1) is 12.3 Å². The average molecular weight is 499 g/mol. The molecule has 1 saturated carbocycles. The van der Waals surface area contributed by atoms with E-state index in [1.54, 1.807) is 6.07 Å². The van der Waals surface area contributed by atoms with Crippen LogP contribution in [0.5, 0.6) is 0 Å². The summed E-state index contributed by atoms with van der Waals surface area (Å²) in [6.45, 7) is 5.45. The number of amides is 2. The van der Waals surface area contributed by atoms with Crippen LogP contribution in [0.4, 0.5) is 11.5 Å². The van der Waals surface area contributed by atoms with Gasteiger partial charge in [-0.25, -0.2) is 4.98 Å². The first-order valence-corrected chi connectivity index (χ1v) is 13.2. The fraction of sp³-hybridized carbons (Fsp3) is 0.367. The smallest absolute Gasteiger partial charge is 0.276 e. The molecule has 0 radical (unpaired) electrons. The molecule has 1 aromatic heterocycles. The van der Waals surface area contributed by atoms with E-state index in [2.05, 4.69) is 16.3 Å². The van der Waals surface area contributed by atoms with E-state index in [9.17, 15) is 9.59 Å². The van der Waals surface area contributed by atoms with E-state index < -0.39 is 0 Å². The van der Waals surface area contributed by atoms with E-state index in [0.29, 0.717) is 36.9 Å². The van der Waals surface area contributed by atoms with E-state index in [4.69, 9.17) is 9.72 Å². The molecule has 37 heavy (non-hydrogen) atoms. The second-order valence-electron chi connectivity index (χ2n) is 9.64. The van der Waals surface area contributed by atoms with Crippen LogP contribution in [0.15, 0.2) is 71.8 Å². The number of benzene rings is 1. The highest BCUT2D eigenvalue weighted by atomic mass is 16.5. The minimum Gasteiger partial charge on any atom is -0.380 e. The molecule has 2 aliphatic heterocycles. The van der Waals surface area contributed by atoms with Gasteiger partial charge >= 0.3 is 0 Å². The number of ether oxygens (including phenoxy) is 1. The second-order valence-corrected chi connectivity index (χ2v) is 9.64. The van der Waals surface area contributed by atoms with Crippen molar-refractivity contribution in [3.63, 3.8) is 0 Å². The van der Waals surface area contributed by atoms with Crippen molar-refractivity contribution in [2.24, 2.45) is 0 Å². The molecule has 1 aromatic carbocycles. The zero-order valence-electron chi connectivity index (χ0n) is 21.4. The average Bonchev–Trinajstić information content (AvgIpc) is 3.77. The maximum Gasteiger partial charge on any atom is 0.276 e. The van der Waals surface area contributed by atoms with Crippen molar-refractivity contribution in [2.75, 3.05) is 42.6 Å². The molecule has 192 valence electrons. The summed E-state index contributed by atoms with van der Waals surface area (Å²) in [4.78, 5) is 35.0. The Labute approximate surface area is 218 Å². The molecule has 1 saturated heterocycles. The number of hydrogen-bond acceptors (Lipinski definition) is 5. The first-order valence-electron chi connectivity index (χ1n) is 13.2. The van der Waals surface area contributed by atoms with E-state index >= 15 is 0 Å². The summed E-state index contributed by atoms with van der Waals surface area (Å²) in [7, 11) is 0. The van der Waals surface area contributed by atoms with Crippen molar-refractivity contribution in [1.29, 1.82) is 0 Å². The largest absolute Gasteiger partial charge is 0.380 e. The lowest BCUT2D eigenvalue weighted by Crippen LogP contribution is -2.33. The van der Waals surface area contributed by atoms with Gasteiger partial charge in [0, 0.05) is 37.9 Å². The first-order chi connectivity index (χ1) is 18.1. The van der Waals surface area contributed by atoms with Crippen molar-refractivity contribution in [1.82, 2.24) is 10.3 Å². The normalized spacial score (nSPS) is 18.6. The Hall–Kier alpha value is -3.71. The van der Waals surface area contributed by atoms with Crippen LogP contribution in [-0.4, -0.2) is 55.7 Å². The molecule has 5 rings (SSSR count). The number of fused-ring (bicyclic) bond motifs is 1. The molecule has 1 N–H and O–H groups in total. The van der Waals surface area contributed by atoms with Crippen LogP contribution in [0, 0.1) is 0 Å². The summed E-state index contributed by atoms with van der Waals surface area (Å²) in [6, 6.07) is 13.9. The highest BCUT2D eigenvalue weighted by molar-refractivity contribution is 6.06. The lowest BCUT2D eigenvalue weighted by atomic mass is 10.1. The van der Waals surface area contributed by atoms with Crippen molar-refractivity contribution in [3.05, 3.63) is 83.1 Å². The van der Waals surface area contributed by atoms with Crippen LogP contribution >= 0.6 is 0 Å². The molecule has 7 heteroatoms. The van der Waals surface area contributed by atoms with Crippen molar-refractivity contribution in [3.8, 4) is 0 Å². The lowest BCUT2D eigenvalue weighted by molar-refractivity contribution is -0.117. The number of para-hydroxylation sites is 1. The number of carbonyl (C=O) groups is 2. The van der Waals surface area contributed by atoms with Crippen molar-refractivity contribution >= 4 is 29.4 Å². The molecule has 0 atom stereocenters. The van der Waals surface area contributed by atoms with Crippen LogP contribution in [0.2, 0.25) is 0 Å². The number of carbonyl (C=O) groups excluding carboxylic acids is 2. The molecular formula is C30H34N4O3. The maximum atomic E-state index is 13.8. The van der Waals surface area contributed by atoms with E-state index in [1.165, 1.54) is 0 Å². The maximum absolute atomic E-state index is 13.8. The lowest BCUT2D eigenvalue weighted by Gasteiger charge is -2.24. The van der Waals surface area contributed by atoms with E-state index in [0.717, 1.165) is 61.6 Å². The molecule has 2 amide bonds. The van der Waals surface area contributed by atoms with Gasteiger partial charge in [-0.15, -0.1) is 0 Å². The Bertz CT molecular complexity index is 1240. The summed E-state index contributed by atoms with van der Waals surface area (Å²) in [5.74, 6) is 0.663. The number of nitrogens with one attached hydrogen (secondary N) is 1. The number of nitrogens with zero attached hydrogens (tertiary/aromatic N) is 3. The first kappa shape index (κ1) is 25.0. The summed E-state index contributed by atoms with van der Waals surface area (Å²) in [6.07, 6.45) is 11.5. The number of aromatic nitrogens is 1. The van der Waals surface area contributed by atoms with Crippen LogP contribution in [0.1, 0.15) is 48.7 Å². The molecule has 3 aliphatic rings. The summed E-state index contributed by atoms with van der Waals surface area (Å²) >= 11 is 0. The number of rotatable bonds is 6. The predicted molar refractivity (Wildman–Crippen MR) is 147 cm³/mol. The van der Waals surface area contributed by atoms with Gasteiger partial charge in [0.15, 0.2) is 0 Å². The van der Waals surface area contributed by atoms with Gasteiger partial charge in [0.25, 0.3) is 11.8 Å². The predicted octanol–water partition coefficient (Wildman–Crippen LogP) is 4.52. The number of anilines is 2. The quantitative estimate of drug-likeness (QED) is 0.468. The van der Waals surface area contributed by atoms with Gasteiger partial charge in [0.1, 0.15) is 11.5 Å². The third-order valence-corrected chi connectivity index (χ3v) is 6.90. The monoisotopic (exact) mass is 498 g/mol. The van der Waals surface area contributed by atoms with Crippen LogP contribution in [-0.2, 0) is 9.53 Å². The van der Waals surface area contributed by atoms with Gasteiger partial charge in [-0.1, -0.05) is 36.4 Å².